The van der Waals surface area contributed by atoms with Gasteiger partial charge in [0, 0.05) is 43.5 Å². The van der Waals surface area contributed by atoms with E-state index in [2.05, 4.69) is 15.0 Å². The standard InChI is InChI=1S/C20H21N3O3S/c1-2-16(12-21-5-1)26-17-10-19(25-14-15-3-7-24-8-4-15)18(23-13-17)11-20-22-6-9-27-20/h1-2,5-6,9-10,12-13,15H,3-4,7-8,11,14H2. The summed E-state index contributed by atoms with van der Waals surface area (Å²) in [5, 5.41) is 2.98. The topological polar surface area (TPSA) is 66.4 Å². The third kappa shape index (κ3) is 5.02. The molecule has 1 aliphatic rings. The van der Waals surface area contributed by atoms with Crippen molar-refractivity contribution < 1.29 is 14.2 Å². The monoisotopic (exact) mass is 383 g/mol. The van der Waals surface area contributed by atoms with Crippen molar-refractivity contribution in [2.45, 2.75) is 19.3 Å². The molecule has 0 spiro atoms. The van der Waals surface area contributed by atoms with E-state index in [1.165, 1.54) is 0 Å². The molecule has 0 saturated carbocycles. The Morgan fingerprint density at radius 3 is 2.81 bits per heavy atom. The molecule has 7 heteroatoms. The Kier molecular flexibility index (Phi) is 5.91. The Balaban J connectivity index is 1.52. The zero-order valence-corrected chi connectivity index (χ0v) is 15.7. The number of aromatic nitrogens is 3. The first-order chi connectivity index (χ1) is 13.4. The zero-order chi connectivity index (χ0) is 18.3. The van der Waals surface area contributed by atoms with E-state index in [0.29, 0.717) is 30.4 Å². The summed E-state index contributed by atoms with van der Waals surface area (Å²) >= 11 is 1.62. The molecule has 3 aromatic rings. The molecule has 0 radical (unpaired) electrons. The molecule has 1 aliphatic heterocycles. The maximum absolute atomic E-state index is 6.17. The van der Waals surface area contributed by atoms with Crippen LogP contribution in [-0.4, -0.2) is 34.8 Å². The summed E-state index contributed by atoms with van der Waals surface area (Å²) in [6, 6.07) is 5.60. The minimum absolute atomic E-state index is 0.509. The van der Waals surface area contributed by atoms with Crippen molar-refractivity contribution in [3.05, 3.63) is 59.1 Å². The predicted molar refractivity (Wildman–Crippen MR) is 103 cm³/mol. The summed E-state index contributed by atoms with van der Waals surface area (Å²) in [5.41, 5.74) is 0.871. The highest BCUT2D eigenvalue weighted by Gasteiger charge is 2.17. The fraction of sp³-hybridized carbons (Fsp3) is 0.350. The first-order valence-corrected chi connectivity index (χ1v) is 9.90. The first-order valence-electron chi connectivity index (χ1n) is 9.02. The summed E-state index contributed by atoms with van der Waals surface area (Å²) in [6.45, 7) is 2.27. The van der Waals surface area contributed by atoms with Crippen molar-refractivity contribution in [1.29, 1.82) is 0 Å². The van der Waals surface area contributed by atoms with Gasteiger partial charge in [0.25, 0.3) is 0 Å². The number of pyridine rings is 2. The van der Waals surface area contributed by atoms with Gasteiger partial charge in [-0.2, -0.15) is 0 Å². The number of ether oxygens (including phenoxy) is 3. The molecule has 27 heavy (non-hydrogen) atoms. The molecule has 6 nitrogen and oxygen atoms in total. The van der Waals surface area contributed by atoms with Gasteiger partial charge in [0.05, 0.1) is 29.7 Å². The van der Waals surface area contributed by atoms with Crippen LogP contribution in [0.25, 0.3) is 0 Å². The van der Waals surface area contributed by atoms with Crippen LogP contribution in [0.1, 0.15) is 23.5 Å². The average Bonchev–Trinajstić information content (AvgIpc) is 3.23. The lowest BCUT2D eigenvalue weighted by Crippen LogP contribution is -2.21. The van der Waals surface area contributed by atoms with Gasteiger partial charge in [0.1, 0.15) is 17.2 Å². The Bertz CT molecular complexity index is 837. The van der Waals surface area contributed by atoms with Crippen LogP contribution >= 0.6 is 11.3 Å². The van der Waals surface area contributed by atoms with Gasteiger partial charge in [-0.1, -0.05) is 0 Å². The SMILES string of the molecule is c1cncc(Oc2cnc(Cc3nccs3)c(OCC3CCOCC3)c2)c1. The van der Waals surface area contributed by atoms with E-state index in [1.54, 1.807) is 29.9 Å². The fourth-order valence-electron chi connectivity index (χ4n) is 2.92. The van der Waals surface area contributed by atoms with Crippen LogP contribution in [0.4, 0.5) is 0 Å². The van der Waals surface area contributed by atoms with E-state index >= 15 is 0 Å². The molecule has 0 unspecified atom stereocenters. The average molecular weight is 383 g/mol. The molecule has 0 aromatic carbocycles. The molecule has 4 heterocycles. The number of thiazole rings is 1. The van der Waals surface area contributed by atoms with Crippen LogP contribution in [0, 0.1) is 5.92 Å². The first kappa shape index (κ1) is 17.9. The molecule has 3 aromatic heterocycles. The van der Waals surface area contributed by atoms with Crippen LogP contribution in [0.15, 0.2) is 48.4 Å². The second-order valence-corrected chi connectivity index (χ2v) is 7.36. The van der Waals surface area contributed by atoms with Crippen molar-refractivity contribution in [2.75, 3.05) is 19.8 Å². The molecule has 0 N–H and O–H groups in total. The predicted octanol–water partition coefficient (Wildman–Crippen LogP) is 4.12. The summed E-state index contributed by atoms with van der Waals surface area (Å²) < 4.78 is 17.5. The van der Waals surface area contributed by atoms with Gasteiger partial charge in [-0.15, -0.1) is 11.3 Å². The summed E-state index contributed by atoms with van der Waals surface area (Å²) in [7, 11) is 0. The van der Waals surface area contributed by atoms with Gasteiger partial charge in [-0.3, -0.25) is 9.97 Å². The van der Waals surface area contributed by atoms with E-state index in [9.17, 15) is 0 Å². The second kappa shape index (κ2) is 8.92. The van der Waals surface area contributed by atoms with Crippen LogP contribution < -0.4 is 9.47 Å². The van der Waals surface area contributed by atoms with Gasteiger partial charge >= 0.3 is 0 Å². The van der Waals surface area contributed by atoms with Gasteiger partial charge in [-0.05, 0) is 30.9 Å². The quantitative estimate of drug-likeness (QED) is 0.611. The molecule has 0 amide bonds. The number of hydrogen-bond donors (Lipinski definition) is 0. The minimum atomic E-state index is 0.509. The molecular weight excluding hydrogens is 362 g/mol. The number of nitrogens with zero attached hydrogens (tertiary/aromatic N) is 3. The molecule has 0 aliphatic carbocycles. The highest BCUT2D eigenvalue weighted by Crippen LogP contribution is 2.29. The lowest BCUT2D eigenvalue weighted by Gasteiger charge is -2.22. The lowest BCUT2D eigenvalue weighted by atomic mass is 10.0. The van der Waals surface area contributed by atoms with E-state index in [0.717, 1.165) is 42.5 Å². The summed E-state index contributed by atoms with van der Waals surface area (Å²) in [4.78, 5) is 13.0. The molecule has 0 bridgehead atoms. The van der Waals surface area contributed by atoms with Gasteiger partial charge in [-0.25, -0.2) is 4.98 Å². The van der Waals surface area contributed by atoms with Gasteiger partial charge < -0.3 is 14.2 Å². The number of rotatable bonds is 7. The summed E-state index contributed by atoms with van der Waals surface area (Å²) in [5.74, 6) is 2.56. The summed E-state index contributed by atoms with van der Waals surface area (Å²) in [6.07, 6.45) is 9.62. The molecule has 1 saturated heterocycles. The van der Waals surface area contributed by atoms with E-state index < -0.39 is 0 Å². The lowest BCUT2D eigenvalue weighted by molar-refractivity contribution is 0.0495. The molecule has 140 valence electrons. The molecule has 4 rings (SSSR count). The van der Waals surface area contributed by atoms with Crippen LogP contribution in [0.2, 0.25) is 0 Å². The normalized spacial score (nSPS) is 14.8. The van der Waals surface area contributed by atoms with Gasteiger partial charge in [0.2, 0.25) is 0 Å². The van der Waals surface area contributed by atoms with Crippen molar-refractivity contribution in [3.8, 4) is 17.2 Å². The third-order valence-electron chi connectivity index (χ3n) is 4.39. The zero-order valence-electron chi connectivity index (χ0n) is 14.9. The van der Waals surface area contributed by atoms with Crippen molar-refractivity contribution in [3.63, 3.8) is 0 Å². The van der Waals surface area contributed by atoms with Crippen LogP contribution in [0.3, 0.4) is 0 Å². The van der Waals surface area contributed by atoms with Gasteiger partial charge in [0.15, 0.2) is 0 Å². The van der Waals surface area contributed by atoms with Crippen LogP contribution in [-0.2, 0) is 11.2 Å². The Labute approximate surface area is 162 Å². The maximum Gasteiger partial charge on any atom is 0.149 e. The minimum Gasteiger partial charge on any atom is -0.491 e. The molecule has 1 fully saturated rings. The Hall–Kier alpha value is -2.51. The Morgan fingerprint density at radius 1 is 1.11 bits per heavy atom. The highest BCUT2D eigenvalue weighted by atomic mass is 32.1. The molecule has 0 atom stereocenters. The fourth-order valence-corrected chi connectivity index (χ4v) is 3.54. The van der Waals surface area contributed by atoms with E-state index in [-0.39, 0.29) is 0 Å². The van der Waals surface area contributed by atoms with E-state index in [4.69, 9.17) is 14.2 Å². The van der Waals surface area contributed by atoms with Crippen molar-refractivity contribution in [1.82, 2.24) is 15.0 Å². The van der Waals surface area contributed by atoms with Crippen LogP contribution in [0.5, 0.6) is 17.2 Å². The highest BCUT2D eigenvalue weighted by molar-refractivity contribution is 7.09. The van der Waals surface area contributed by atoms with Crippen molar-refractivity contribution >= 4 is 11.3 Å². The maximum atomic E-state index is 6.17. The van der Waals surface area contributed by atoms with E-state index in [1.807, 2.05) is 29.8 Å². The number of hydrogen-bond acceptors (Lipinski definition) is 7. The largest absolute Gasteiger partial charge is 0.491 e. The smallest absolute Gasteiger partial charge is 0.149 e. The third-order valence-corrected chi connectivity index (χ3v) is 5.17. The molecular formula is C20H21N3O3S. The second-order valence-electron chi connectivity index (χ2n) is 6.38. The Morgan fingerprint density at radius 2 is 2.04 bits per heavy atom. The van der Waals surface area contributed by atoms with Crippen molar-refractivity contribution in [2.24, 2.45) is 5.92 Å².